The van der Waals surface area contributed by atoms with Crippen molar-refractivity contribution in [2.45, 2.75) is 24.8 Å². The SMILES string of the molecule is O=S(=O)(Cc1cc(F)ccc1C(F)(F)F)CC1CC1. The second-order valence-corrected chi connectivity index (χ2v) is 6.91. The molecule has 19 heavy (non-hydrogen) atoms. The van der Waals surface area contributed by atoms with Crippen LogP contribution in [0.15, 0.2) is 18.2 Å². The molecular formula is C12H12F4O2S. The van der Waals surface area contributed by atoms with Gasteiger partial charge in [-0.2, -0.15) is 13.2 Å². The molecule has 1 aromatic carbocycles. The average molecular weight is 296 g/mol. The summed E-state index contributed by atoms with van der Waals surface area (Å²) >= 11 is 0. The molecule has 106 valence electrons. The van der Waals surface area contributed by atoms with E-state index in [1.807, 2.05) is 0 Å². The van der Waals surface area contributed by atoms with Crippen LogP contribution in [0, 0.1) is 11.7 Å². The number of benzene rings is 1. The maximum atomic E-state index is 13.0. The molecule has 0 spiro atoms. The Bertz CT molecular complexity index is 574. The molecule has 0 aromatic heterocycles. The Kier molecular flexibility index (Phi) is 3.59. The van der Waals surface area contributed by atoms with Crippen LogP contribution in [0.25, 0.3) is 0 Å². The van der Waals surface area contributed by atoms with Gasteiger partial charge in [-0.25, -0.2) is 12.8 Å². The first-order valence-electron chi connectivity index (χ1n) is 5.73. The standard InChI is InChI=1S/C12H12F4O2S/c13-10-3-4-11(12(14,15)16)9(5-10)7-19(17,18)6-8-1-2-8/h3-5,8H,1-2,6-7H2. The lowest BCUT2D eigenvalue weighted by Gasteiger charge is -2.13. The van der Waals surface area contributed by atoms with Crippen molar-refractivity contribution in [2.24, 2.45) is 5.92 Å². The Balaban J connectivity index is 2.30. The molecule has 1 saturated carbocycles. The van der Waals surface area contributed by atoms with Gasteiger partial charge in [0.2, 0.25) is 0 Å². The molecule has 0 amide bonds. The summed E-state index contributed by atoms with van der Waals surface area (Å²) in [5.74, 6) is -1.71. The number of rotatable bonds is 4. The van der Waals surface area contributed by atoms with E-state index in [-0.39, 0.29) is 11.7 Å². The predicted molar refractivity (Wildman–Crippen MR) is 61.6 cm³/mol. The highest BCUT2D eigenvalue weighted by Gasteiger charge is 2.35. The van der Waals surface area contributed by atoms with Crippen molar-refractivity contribution < 1.29 is 26.0 Å². The van der Waals surface area contributed by atoms with E-state index < -0.39 is 38.7 Å². The van der Waals surface area contributed by atoms with Crippen LogP contribution >= 0.6 is 0 Å². The third kappa shape index (κ3) is 3.92. The minimum Gasteiger partial charge on any atom is -0.228 e. The molecule has 0 aliphatic heterocycles. The van der Waals surface area contributed by atoms with Gasteiger partial charge in [-0.3, -0.25) is 0 Å². The summed E-state index contributed by atoms with van der Waals surface area (Å²) in [6.07, 6.45) is -3.11. The molecule has 1 fully saturated rings. The normalized spacial score (nSPS) is 16.6. The number of alkyl halides is 3. The minimum atomic E-state index is -4.68. The smallest absolute Gasteiger partial charge is 0.228 e. The Hall–Kier alpha value is -1.11. The minimum absolute atomic E-state index is 0.0490. The molecule has 1 aliphatic carbocycles. The molecule has 7 heteroatoms. The van der Waals surface area contributed by atoms with E-state index in [1.165, 1.54) is 0 Å². The van der Waals surface area contributed by atoms with Crippen molar-refractivity contribution in [3.63, 3.8) is 0 Å². The van der Waals surface area contributed by atoms with Gasteiger partial charge in [-0.1, -0.05) is 0 Å². The van der Waals surface area contributed by atoms with Crippen LogP contribution in [0.5, 0.6) is 0 Å². The molecule has 2 rings (SSSR count). The number of hydrogen-bond acceptors (Lipinski definition) is 2. The summed E-state index contributed by atoms with van der Waals surface area (Å²) in [4.78, 5) is 0. The molecule has 2 nitrogen and oxygen atoms in total. The lowest BCUT2D eigenvalue weighted by Crippen LogP contribution is -2.16. The molecule has 0 unspecified atom stereocenters. The van der Waals surface area contributed by atoms with Crippen LogP contribution in [0.2, 0.25) is 0 Å². The topological polar surface area (TPSA) is 34.1 Å². The van der Waals surface area contributed by atoms with Crippen LogP contribution in [-0.4, -0.2) is 14.2 Å². The molecule has 0 atom stereocenters. The second kappa shape index (κ2) is 4.77. The third-order valence-corrected chi connectivity index (χ3v) is 4.66. The van der Waals surface area contributed by atoms with Crippen molar-refractivity contribution in [3.05, 3.63) is 35.1 Å². The first-order valence-corrected chi connectivity index (χ1v) is 7.55. The van der Waals surface area contributed by atoms with Crippen LogP contribution in [0.1, 0.15) is 24.0 Å². The van der Waals surface area contributed by atoms with Crippen LogP contribution < -0.4 is 0 Å². The quantitative estimate of drug-likeness (QED) is 0.800. The zero-order chi connectivity index (χ0) is 14.3. The molecule has 0 saturated heterocycles. The van der Waals surface area contributed by atoms with Crippen LogP contribution in [-0.2, 0) is 21.8 Å². The Morgan fingerprint density at radius 3 is 2.37 bits per heavy atom. The van der Waals surface area contributed by atoms with Gasteiger partial charge in [0.15, 0.2) is 9.84 Å². The summed E-state index contributed by atoms with van der Waals surface area (Å²) in [5.41, 5.74) is -1.61. The van der Waals surface area contributed by atoms with E-state index in [9.17, 15) is 26.0 Å². The van der Waals surface area contributed by atoms with Gasteiger partial charge in [0.25, 0.3) is 0 Å². The fraction of sp³-hybridized carbons (Fsp3) is 0.500. The van der Waals surface area contributed by atoms with Crippen molar-refractivity contribution in [1.29, 1.82) is 0 Å². The fourth-order valence-electron chi connectivity index (χ4n) is 1.90. The van der Waals surface area contributed by atoms with Gasteiger partial charge in [-0.05, 0) is 42.5 Å². The largest absolute Gasteiger partial charge is 0.416 e. The van der Waals surface area contributed by atoms with E-state index >= 15 is 0 Å². The maximum Gasteiger partial charge on any atom is 0.416 e. The van der Waals surface area contributed by atoms with Gasteiger partial charge in [0, 0.05) is 0 Å². The van der Waals surface area contributed by atoms with Crippen molar-refractivity contribution in [1.82, 2.24) is 0 Å². The number of hydrogen-bond donors (Lipinski definition) is 0. The highest BCUT2D eigenvalue weighted by Crippen LogP contribution is 2.35. The van der Waals surface area contributed by atoms with Crippen LogP contribution in [0.3, 0.4) is 0 Å². The second-order valence-electron chi connectivity index (χ2n) is 4.80. The van der Waals surface area contributed by atoms with E-state index in [0.29, 0.717) is 18.2 Å². The number of sulfone groups is 1. The van der Waals surface area contributed by atoms with E-state index in [2.05, 4.69) is 0 Å². The van der Waals surface area contributed by atoms with Crippen molar-refractivity contribution in [3.8, 4) is 0 Å². The number of halogens is 4. The Morgan fingerprint density at radius 2 is 1.84 bits per heavy atom. The van der Waals surface area contributed by atoms with Gasteiger partial charge in [0.1, 0.15) is 5.82 Å². The molecule has 0 bridgehead atoms. The third-order valence-electron chi connectivity index (χ3n) is 2.93. The molecular weight excluding hydrogens is 284 g/mol. The van der Waals surface area contributed by atoms with E-state index in [0.717, 1.165) is 12.8 Å². The molecule has 1 aliphatic rings. The predicted octanol–water partition coefficient (Wildman–Crippen LogP) is 3.17. The first-order chi connectivity index (χ1) is 8.67. The van der Waals surface area contributed by atoms with Gasteiger partial charge in [0.05, 0.1) is 17.1 Å². The van der Waals surface area contributed by atoms with Crippen LogP contribution in [0.4, 0.5) is 17.6 Å². The summed E-state index contributed by atoms with van der Waals surface area (Å²) in [6.45, 7) is 0. The zero-order valence-corrected chi connectivity index (χ0v) is 10.7. The lowest BCUT2D eigenvalue weighted by atomic mass is 10.1. The van der Waals surface area contributed by atoms with Crippen molar-refractivity contribution in [2.75, 3.05) is 5.75 Å². The summed E-state index contributed by atoms with van der Waals surface area (Å²) in [7, 11) is -3.64. The molecule has 1 aromatic rings. The van der Waals surface area contributed by atoms with E-state index in [1.54, 1.807) is 0 Å². The Labute approximate surface area is 108 Å². The maximum absolute atomic E-state index is 13.0. The zero-order valence-electron chi connectivity index (χ0n) is 9.87. The highest BCUT2D eigenvalue weighted by atomic mass is 32.2. The summed E-state index contributed by atoms with van der Waals surface area (Å²) in [6, 6.07) is 1.91. The fourth-order valence-corrected chi connectivity index (χ4v) is 3.78. The summed E-state index contributed by atoms with van der Waals surface area (Å²) < 4.78 is 74.7. The van der Waals surface area contributed by atoms with Gasteiger partial charge in [-0.15, -0.1) is 0 Å². The molecule has 0 heterocycles. The first kappa shape index (κ1) is 14.3. The summed E-state index contributed by atoms with van der Waals surface area (Å²) in [5, 5.41) is 0. The Morgan fingerprint density at radius 1 is 1.21 bits per heavy atom. The monoisotopic (exact) mass is 296 g/mol. The highest BCUT2D eigenvalue weighted by molar-refractivity contribution is 7.90. The molecule has 0 radical (unpaired) electrons. The van der Waals surface area contributed by atoms with Gasteiger partial charge >= 0.3 is 6.18 Å². The van der Waals surface area contributed by atoms with E-state index in [4.69, 9.17) is 0 Å². The lowest BCUT2D eigenvalue weighted by molar-refractivity contribution is -0.138. The molecule has 0 N–H and O–H groups in total. The van der Waals surface area contributed by atoms with Gasteiger partial charge < -0.3 is 0 Å². The average Bonchev–Trinajstić information content (AvgIpc) is 2.97. The van der Waals surface area contributed by atoms with Crippen molar-refractivity contribution >= 4 is 9.84 Å².